The Labute approximate surface area is 135 Å². The standard InChI is InChI=1S/C16H17N3O2.ClH/c1-11-16(20)17-13-8-9-14(21-2)18-15(13)19(11)10-12-6-4-3-5-7-12;/h3-9,11H,10H2,1-2H3,(H,17,20);1H. The Balaban J connectivity index is 0.00000176. The number of methoxy groups -OCH3 is 1. The highest BCUT2D eigenvalue weighted by molar-refractivity contribution is 5.97. The Morgan fingerprint density at radius 3 is 2.64 bits per heavy atom. The highest BCUT2D eigenvalue weighted by Crippen LogP contribution is 2.23. The molecule has 2 heterocycles. The molecule has 1 aliphatic heterocycles. The van der Waals surface area contributed by atoms with Gasteiger partial charge in [0.25, 0.3) is 11.7 Å². The number of ether oxygens (including phenoxy) is 1. The molecule has 1 amide bonds. The number of quaternary nitrogens is 1. The number of nitrogens with one attached hydrogen (secondary N) is 2. The van der Waals surface area contributed by atoms with Crippen molar-refractivity contribution in [2.75, 3.05) is 12.4 Å². The van der Waals surface area contributed by atoms with Crippen molar-refractivity contribution in [1.29, 1.82) is 0 Å². The summed E-state index contributed by atoms with van der Waals surface area (Å²) in [6.07, 6.45) is 0. The minimum Gasteiger partial charge on any atom is -1.00 e. The smallest absolute Gasteiger partial charge is 0.283 e. The van der Waals surface area contributed by atoms with E-state index in [1.807, 2.05) is 31.2 Å². The lowest BCUT2D eigenvalue weighted by Gasteiger charge is -2.29. The molecule has 0 saturated carbocycles. The van der Waals surface area contributed by atoms with Gasteiger partial charge in [-0.05, 0) is 13.0 Å². The third-order valence-corrected chi connectivity index (χ3v) is 3.79. The summed E-state index contributed by atoms with van der Waals surface area (Å²) in [5.74, 6) is 1.40. The SMILES string of the molecule is COc1ccc2c(n1)[NH+](Cc1ccccc1)C(C)C(=O)N2.[Cl-]. The van der Waals surface area contributed by atoms with Gasteiger partial charge >= 0.3 is 0 Å². The molecule has 1 aromatic carbocycles. The molecular weight excluding hydrogens is 302 g/mol. The molecule has 0 spiro atoms. The zero-order valence-electron chi connectivity index (χ0n) is 12.5. The molecule has 2 aromatic rings. The summed E-state index contributed by atoms with van der Waals surface area (Å²) in [7, 11) is 1.59. The van der Waals surface area contributed by atoms with Gasteiger partial charge in [0, 0.05) is 11.6 Å². The number of pyridine rings is 1. The molecule has 3 rings (SSSR count). The fourth-order valence-corrected chi connectivity index (χ4v) is 2.56. The monoisotopic (exact) mass is 319 g/mol. The first-order valence-electron chi connectivity index (χ1n) is 6.95. The number of hydrogen-bond donors (Lipinski definition) is 2. The Morgan fingerprint density at radius 2 is 1.95 bits per heavy atom. The van der Waals surface area contributed by atoms with Crippen LogP contribution >= 0.6 is 0 Å². The number of anilines is 1. The van der Waals surface area contributed by atoms with Crippen molar-refractivity contribution in [3.63, 3.8) is 0 Å². The van der Waals surface area contributed by atoms with Crippen LogP contribution in [0.5, 0.6) is 5.88 Å². The number of amides is 1. The maximum atomic E-state index is 12.1. The Hall–Kier alpha value is -2.11. The van der Waals surface area contributed by atoms with Crippen molar-refractivity contribution in [2.45, 2.75) is 19.5 Å². The second-order valence-corrected chi connectivity index (χ2v) is 5.15. The van der Waals surface area contributed by atoms with E-state index in [-0.39, 0.29) is 24.4 Å². The number of carbonyl (C=O) groups is 1. The number of carbonyl (C=O) groups excluding carboxylic acids is 1. The molecule has 0 fully saturated rings. The molecule has 2 unspecified atom stereocenters. The first-order valence-corrected chi connectivity index (χ1v) is 6.95. The van der Waals surface area contributed by atoms with Crippen molar-refractivity contribution >= 4 is 17.4 Å². The van der Waals surface area contributed by atoms with Crippen LogP contribution in [0.25, 0.3) is 0 Å². The van der Waals surface area contributed by atoms with E-state index in [0.29, 0.717) is 12.4 Å². The number of aromatic nitrogens is 1. The molecule has 1 aromatic heterocycles. The summed E-state index contributed by atoms with van der Waals surface area (Å²) in [6.45, 7) is 2.63. The maximum absolute atomic E-state index is 12.1. The van der Waals surface area contributed by atoms with Gasteiger partial charge in [-0.25, -0.2) is 0 Å². The van der Waals surface area contributed by atoms with Crippen molar-refractivity contribution in [2.24, 2.45) is 0 Å². The summed E-state index contributed by atoms with van der Waals surface area (Å²) in [6, 6.07) is 13.5. The fourth-order valence-electron chi connectivity index (χ4n) is 2.56. The van der Waals surface area contributed by atoms with Crippen LogP contribution in [0.1, 0.15) is 12.5 Å². The molecule has 5 nitrogen and oxygen atoms in total. The van der Waals surface area contributed by atoms with E-state index in [0.717, 1.165) is 16.4 Å². The van der Waals surface area contributed by atoms with Gasteiger partial charge in [-0.3, -0.25) is 9.69 Å². The van der Waals surface area contributed by atoms with Gasteiger partial charge < -0.3 is 22.5 Å². The number of halogens is 1. The van der Waals surface area contributed by atoms with Gasteiger partial charge in [-0.15, -0.1) is 0 Å². The Morgan fingerprint density at radius 1 is 1.23 bits per heavy atom. The molecular formula is C16H18ClN3O2. The number of rotatable bonds is 3. The molecule has 116 valence electrons. The zero-order chi connectivity index (χ0) is 14.8. The Kier molecular flexibility index (Phi) is 5.00. The lowest BCUT2D eigenvalue weighted by Crippen LogP contribution is -3.12. The molecule has 2 N–H and O–H groups in total. The van der Waals surface area contributed by atoms with E-state index in [1.165, 1.54) is 5.56 Å². The van der Waals surface area contributed by atoms with Crippen LogP contribution in [-0.2, 0) is 11.3 Å². The number of fused-ring (bicyclic) bond motifs is 1. The lowest BCUT2D eigenvalue weighted by atomic mass is 10.1. The lowest BCUT2D eigenvalue weighted by molar-refractivity contribution is -0.865. The molecule has 0 aliphatic carbocycles. The van der Waals surface area contributed by atoms with E-state index in [1.54, 1.807) is 13.2 Å². The van der Waals surface area contributed by atoms with E-state index >= 15 is 0 Å². The van der Waals surface area contributed by atoms with Gasteiger partial charge in [0.05, 0.1) is 7.11 Å². The van der Waals surface area contributed by atoms with Crippen molar-refractivity contribution in [1.82, 2.24) is 4.98 Å². The maximum Gasteiger partial charge on any atom is 0.283 e. The number of nitrogens with zero attached hydrogens (tertiary/aromatic N) is 1. The minimum atomic E-state index is -0.197. The Bertz CT molecular complexity index is 664. The van der Waals surface area contributed by atoms with E-state index in [9.17, 15) is 4.79 Å². The van der Waals surface area contributed by atoms with Crippen LogP contribution in [0.3, 0.4) is 0 Å². The van der Waals surface area contributed by atoms with Crippen LogP contribution in [-0.4, -0.2) is 24.0 Å². The van der Waals surface area contributed by atoms with Crippen molar-refractivity contribution in [3.05, 3.63) is 48.0 Å². The van der Waals surface area contributed by atoms with Gasteiger partial charge in [0.15, 0.2) is 6.04 Å². The van der Waals surface area contributed by atoms with Crippen LogP contribution in [0.4, 0.5) is 11.5 Å². The number of hydrogen-bond acceptors (Lipinski definition) is 3. The summed E-state index contributed by atoms with van der Waals surface area (Å²) in [4.78, 5) is 17.7. The molecule has 0 bridgehead atoms. The van der Waals surface area contributed by atoms with Crippen molar-refractivity contribution < 1.29 is 26.8 Å². The van der Waals surface area contributed by atoms with Crippen LogP contribution in [0.15, 0.2) is 42.5 Å². The topological polar surface area (TPSA) is 55.7 Å². The van der Waals surface area contributed by atoms with E-state index in [4.69, 9.17) is 4.74 Å². The first kappa shape index (κ1) is 16.3. The zero-order valence-corrected chi connectivity index (χ0v) is 13.2. The molecule has 6 heteroatoms. The quantitative estimate of drug-likeness (QED) is 0.698. The van der Waals surface area contributed by atoms with Gasteiger partial charge in [0.2, 0.25) is 5.88 Å². The minimum absolute atomic E-state index is 0. The molecule has 2 atom stereocenters. The third-order valence-electron chi connectivity index (χ3n) is 3.79. The summed E-state index contributed by atoms with van der Waals surface area (Å²) >= 11 is 0. The molecule has 1 aliphatic rings. The molecule has 0 radical (unpaired) electrons. The molecule has 0 saturated heterocycles. The number of benzene rings is 1. The predicted molar refractivity (Wildman–Crippen MR) is 79.6 cm³/mol. The first-order chi connectivity index (χ1) is 10.2. The van der Waals surface area contributed by atoms with Crippen molar-refractivity contribution in [3.8, 4) is 5.88 Å². The summed E-state index contributed by atoms with van der Waals surface area (Å²) in [5.41, 5.74) is 1.93. The van der Waals surface area contributed by atoms with Gasteiger partial charge in [-0.1, -0.05) is 30.3 Å². The second kappa shape index (κ2) is 6.77. The highest BCUT2D eigenvalue weighted by Gasteiger charge is 2.36. The van der Waals surface area contributed by atoms with Crippen LogP contribution in [0, 0.1) is 0 Å². The predicted octanol–water partition coefficient (Wildman–Crippen LogP) is -1.85. The normalized spacial score (nSPS) is 19.6. The largest absolute Gasteiger partial charge is 1.00 e. The van der Waals surface area contributed by atoms with E-state index < -0.39 is 0 Å². The average Bonchev–Trinajstić information content (AvgIpc) is 2.52. The van der Waals surface area contributed by atoms with Gasteiger partial charge in [-0.2, -0.15) is 4.98 Å². The van der Waals surface area contributed by atoms with Crippen LogP contribution < -0.4 is 27.4 Å². The highest BCUT2D eigenvalue weighted by atomic mass is 35.5. The van der Waals surface area contributed by atoms with Crippen LogP contribution in [0.2, 0.25) is 0 Å². The molecule has 22 heavy (non-hydrogen) atoms. The summed E-state index contributed by atoms with van der Waals surface area (Å²) < 4.78 is 5.20. The fraction of sp³-hybridized carbons (Fsp3) is 0.250. The summed E-state index contributed by atoms with van der Waals surface area (Å²) in [5, 5.41) is 2.90. The van der Waals surface area contributed by atoms with E-state index in [2.05, 4.69) is 22.4 Å². The third kappa shape index (κ3) is 3.05. The average molecular weight is 320 g/mol. The van der Waals surface area contributed by atoms with Gasteiger partial charge in [0.1, 0.15) is 12.2 Å². The second-order valence-electron chi connectivity index (χ2n) is 5.15.